The molecule has 2 heteroatoms. The minimum absolute atomic E-state index is 0.157. The standard InChI is InChI=1S/C11H16F2/c1-8-4-5-10(11(3,12)13)7-9(2)6-8/h4-5,7-9H,6H2,1-3H3. The van der Waals surface area contributed by atoms with E-state index in [0.29, 0.717) is 5.92 Å². The maximum Gasteiger partial charge on any atom is 0.270 e. The molecule has 0 heterocycles. The summed E-state index contributed by atoms with van der Waals surface area (Å²) in [7, 11) is 0. The van der Waals surface area contributed by atoms with Crippen LogP contribution in [0.3, 0.4) is 0 Å². The lowest BCUT2D eigenvalue weighted by atomic mass is 9.98. The third-order valence-electron chi connectivity index (χ3n) is 2.32. The van der Waals surface area contributed by atoms with E-state index in [1.54, 1.807) is 12.2 Å². The largest absolute Gasteiger partial charge is 0.270 e. The summed E-state index contributed by atoms with van der Waals surface area (Å²) >= 11 is 0. The molecule has 0 spiro atoms. The first-order chi connectivity index (χ1) is 5.89. The topological polar surface area (TPSA) is 0 Å². The second-order valence-electron chi connectivity index (χ2n) is 4.06. The van der Waals surface area contributed by atoms with Crippen molar-refractivity contribution in [3.05, 3.63) is 23.8 Å². The molecule has 1 rings (SSSR count). The molecule has 0 saturated heterocycles. The van der Waals surface area contributed by atoms with Crippen LogP contribution in [0.25, 0.3) is 0 Å². The Balaban J connectivity index is 2.89. The molecular weight excluding hydrogens is 170 g/mol. The third-order valence-corrected chi connectivity index (χ3v) is 2.32. The fourth-order valence-corrected chi connectivity index (χ4v) is 1.66. The van der Waals surface area contributed by atoms with Crippen LogP contribution in [0.4, 0.5) is 8.78 Å². The number of alkyl halides is 2. The molecule has 2 unspecified atom stereocenters. The molecule has 2 atom stereocenters. The molecule has 0 aromatic rings. The second-order valence-corrected chi connectivity index (χ2v) is 4.06. The van der Waals surface area contributed by atoms with Gasteiger partial charge in [-0.25, -0.2) is 8.78 Å². The summed E-state index contributed by atoms with van der Waals surface area (Å²) in [6, 6.07) is 0. The van der Waals surface area contributed by atoms with Crippen molar-refractivity contribution in [1.82, 2.24) is 0 Å². The fourth-order valence-electron chi connectivity index (χ4n) is 1.66. The van der Waals surface area contributed by atoms with Crippen molar-refractivity contribution in [3.63, 3.8) is 0 Å². The lowest BCUT2D eigenvalue weighted by Crippen LogP contribution is -2.12. The van der Waals surface area contributed by atoms with Crippen molar-refractivity contribution in [2.45, 2.75) is 33.1 Å². The van der Waals surface area contributed by atoms with Gasteiger partial charge in [0.05, 0.1) is 0 Å². The molecule has 0 aromatic heterocycles. The Kier molecular flexibility index (Phi) is 2.89. The molecule has 0 saturated carbocycles. The summed E-state index contributed by atoms with van der Waals surface area (Å²) < 4.78 is 25.9. The van der Waals surface area contributed by atoms with E-state index in [1.807, 2.05) is 13.0 Å². The molecule has 0 nitrogen and oxygen atoms in total. The average molecular weight is 186 g/mol. The minimum atomic E-state index is -2.70. The van der Waals surface area contributed by atoms with Gasteiger partial charge in [-0.05, 0) is 18.3 Å². The minimum Gasteiger partial charge on any atom is -0.202 e. The average Bonchev–Trinajstić information content (AvgIpc) is 2.09. The van der Waals surface area contributed by atoms with Crippen molar-refractivity contribution in [3.8, 4) is 0 Å². The number of halogens is 2. The van der Waals surface area contributed by atoms with E-state index in [0.717, 1.165) is 13.3 Å². The van der Waals surface area contributed by atoms with Crippen molar-refractivity contribution in [1.29, 1.82) is 0 Å². The third kappa shape index (κ3) is 2.94. The predicted molar refractivity (Wildman–Crippen MR) is 50.8 cm³/mol. The zero-order valence-electron chi connectivity index (χ0n) is 8.35. The van der Waals surface area contributed by atoms with Crippen LogP contribution in [-0.2, 0) is 0 Å². The summed E-state index contributed by atoms with van der Waals surface area (Å²) in [6.07, 6.45) is 6.07. The molecule has 0 bridgehead atoms. The number of hydrogen-bond acceptors (Lipinski definition) is 0. The van der Waals surface area contributed by atoms with Crippen LogP contribution in [0.1, 0.15) is 27.2 Å². The Morgan fingerprint density at radius 1 is 1.31 bits per heavy atom. The lowest BCUT2D eigenvalue weighted by molar-refractivity contribution is 0.0669. The van der Waals surface area contributed by atoms with Crippen LogP contribution >= 0.6 is 0 Å². The predicted octanol–water partition coefficient (Wildman–Crippen LogP) is 3.80. The smallest absolute Gasteiger partial charge is 0.202 e. The Hall–Kier alpha value is -0.660. The van der Waals surface area contributed by atoms with Crippen LogP contribution in [0, 0.1) is 11.8 Å². The highest BCUT2D eigenvalue weighted by Crippen LogP contribution is 2.30. The molecule has 0 fully saturated rings. The van der Waals surface area contributed by atoms with Crippen molar-refractivity contribution in [2.24, 2.45) is 11.8 Å². The van der Waals surface area contributed by atoms with Crippen molar-refractivity contribution < 1.29 is 8.78 Å². The highest BCUT2D eigenvalue weighted by molar-refractivity contribution is 5.28. The number of rotatable bonds is 1. The molecule has 1 aliphatic rings. The van der Waals surface area contributed by atoms with Crippen LogP contribution in [0.5, 0.6) is 0 Å². The van der Waals surface area contributed by atoms with Gasteiger partial charge >= 0.3 is 0 Å². The van der Waals surface area contributed by atoms with Crippen molar-refractivity contribution >= 4 is 0 Å². The SMILES string of the molecule is CC1C=CC(C(C)(F)F)=CC(C)C1. The first-order valence-corrected chi connectivity index (χ1v) is 4.68. The number of allylic oxidation sites excluding steroid dienone is 4. The molecule has 0 radical (unpaired) electrons. The van der Waals surface area contributed by atoms with E-state index in [4.69, 9.17) is 0 Å². The molecular formula is C11H16F2. The maximum absolute atomic E-state index is 13.0. The van der Waals surface area contributed by atoms with E-state index in [1.165, 1.54) is 0 Å². The first kappa shape index (κ1) is 10.4. The van der Waals surface area contributed by atoms with Gasteiger partial charge in [-0.3, -0.25) is 0 Å². The van der Waals surface area contributed by atoms with Crippen LogP contribution in [0.15, 0.2) is 23.8 Å². The monoisotopic (exact) mass is 186 g/mol. The van der Waals surface area contributed by atoms with Gasteiger partial charge in [-0.1, -0.05) is 32.1 Å². The summed E-state index contributed by atoms with van der Waals surface area (Å²) in [6.45, 7) is 4.98. The molecule has 74 valence electrons. The van der Waals surface area contributed by atoms with Gasteiger partial charge in [0.1, 0.15) is 0 Å². The normalized spacial score (nSPS) is 29.8. The van der Waals surface area contributed by atoms with Gasteiger partial charge < -0.3 is 0 Å². The van der Waals surface area contributed by atoms with Gasteiger partial charge in [-0.2, -0.15) is 0 Å². The Labute approximate surface area is 78.3 Å². The number of hydrogen-bond donors (Lipinski definition) is 0. The molecule has 0 amide bonds. The van der Waals surface area contributed by atoms with E-state index < -0.39 is 5.92 Å². The van der Waals surface area contributed by atoms with E-state index >= 15 is 0 Å². The van der Waals surface area contributed by atoms with Gasteiger partial charge in [0.15, 0.2) is 0 Å². The highest BCUT2D eigenvalue weighted by Gasteiger charge is 2.27. The van der Waals surface area contributed by atoms with E-state index in [-0.39, 0.29) is 11.5 Å². The molecule has 13 heavy (non-hydrogen) atoms. The van der Waals surface area contributed by atoms with Crippen LogP contribution in [-0.4, -0.2) is 5.92 Å². The molecule has 0 aromatic carbocycles. The summed E-state index contributed by atoms with van der Waals surface area (Å²) in [5.74, 6) is -2.06. The van der Waals surface area contributed by atoms with Crippen LogP contribution in [0.2, 0.25) is 0 Å². The quantitative estimate of drug-likeness (QED) is 0.584. The lowest BCUT2D eigenvalue weighted by Gasteiger charge is -2.12. The van der Waals surface area contributed by atoms with Crippen LogP contribution < -0.4 is 0 Å². The molecule has 0 aliphatic heterocycles. The zero-order chi connectivity index (χ0) is 10.1. The van der Waals surface area contributed by atoms with Gasteiger partial charge in [-0.15, -0.1) is 0 Å². The van der Waals surface area contributed by atoms with Gasteiger partial charge in [0.2, 0.25) is 0 Å². The van der Waals surface area contributed by atoms with Gasteiger partial charge in [0, 0.05) is 12.5 Å². The fraction of sp³-hybridized carbons (Fsp3) is 0.636. The Morgan fingerprint density at radius 2 is 1.92 bits per heavy atom. The Bertz CT molecular complexity index is 233. The highest BCUT2D eigenvalue weighted by atomic mass is 19.3. The summed E-state index contributed by atoms with van der Waals surface area (Å²) in [5, 5.41) is 0. The van der Waals surface area contributed by atoms with E-state index in [2.05, 4.69) is 6.92 Å². The van der Waals surface area contributed by atoms with Crippen molar-refractivity contribution in [2.75, 3.05) is 0 Å². The summed E-state index contributed by atoms with van der Waals surface area (Å²) in [5.41, 5.74) is 0.157. The van der Waals surface area contributed by atoms with Gasteiger partial charge in [0.25, 0.3) is 5.92 Å². The summed E-state index contributed by atoms with van der Waals surface area (Å²) in [4.78, 5) is 0. The Morgan fingerprint density at radius 3 is 2.46 bits per heavy atom. The molecule has 1 aliphatic carbocycles. The maximum atomic E-state index is 13.0. The zero-order valence-corrected chi connectivity index (χ0v) is 8.35. The molecule has 0 N–H and O–H groups in total. The first-order valence-electron chi connectivity index (χ1n) is 4.68. The second kappa shape index (κ2) is 3.60. The van der Waals surface area contributed by atoms with E-state index in [9.17, 15) is 8.78 Å².